The van der Waals surface area contributed by atoms with E-state index in [9.17, 15) is 10.3 Å². The molecule has 0 amide bonds. The number of aryl methyl sites for hydroxylation is 2. The fourth-order valence-electron chi connectivity index (χ4n) is 2.31. The Morgan fingerprint density at radius 3 is 2.74 bits per heavy atom. The van der Waals surface area contributed by atoms with Gasteiger partial charge in [-0.1, -0.05) is 22.8 Å². The van der Waals surface area contributed by atoms with Gasteiger partial charge in [-0.25, -0.2) is 0 Å². The maximum atomic E-state index is 11.6. The van der Waals surface area contributed by atoms with Gasteiger partial charge >= 0.3 is 0 Å². The molecule has 2 N–H and O–H groups in total. The van der Waals surface area contributed by atoms with Crippen molar-refractivity contribution in [3.8, 4) is 16.9 Å². The standard InChI is InChI=1S/C14H13N3O2/c1-8-3-6-12(18)10(7-8)13-9(2)4-5-11-14(13)15-16-17(11)19/h3-7,17-18H,1-2H3. The highest BCUT2D eigenvalue weighted by atomic mass is 16.5. The van der Waals surface area contributed by atoms with Gasteiger partial charge in [0.05, 0.1) is 0 Å². The first kappa shape index (κ1) is 11.8. The van der Waals surface area contributed by atoms with Crippen molar-refractivity contribution >= 4 is 11.4 Å². The van der Waals surface area contributed by atoms with Gasteiger partial charge in [-0.15, -0.1) is 0 Å². The lowest BCUT2D eigenvalue weighted by atomic mass is 9.95. The number of hydrogen-bond donors (Lipinski definition) is 2. The smallest absolute Gasteiger partial charge is 0.187 e. The van der Waals surface area contributed by atoms with Gasteiger partial charge in [-0.05, 0) is 31.5 Å². The normalized spacial score (nSPS) is 16.7. The Kier molecular flexibility index (Phi) is 2.58. The van der Waals surface area contributed by atoms with Crippen LogP contribution >= 0.6 is 0 Å². The van der Waals surface area contributed by atoms with Crippen molar-refractivity contribution in [2.24, 2.45) is 10.3 Å². The topological polar surface area (TPSA) is 72.5 Å². The summed E-state index contributed by atoms with van der Waals surface area (Å²) in [5, 5.41) is 28.9. The Labute approximate surface area is 110 Å². The molecule has 1 unspecified atom stereocenters. The Hall–Kier alpha value is -2.24. The van der Waals surface area contributed by atoms with Crippen LogP contribution in [-0.2, 0) is 0 Å². The van der Waals surface area contributed by atoms with Crippen molar-refractivity contribution in [3.63, 3.8) is 0 Å². The first-order valence-electron chi connectivity index (χ1n) is 5.97. The quantitative estimate of drug-likeness (QED) is 0.769. The Balaban J connectivity index is 2.32. The largest absolute Gasteiger partial charge is 0.600 e. The minimum Gasteiger partial charge on any atom is -0.600 e. The van der Waals surface area contributed by atoms with Crippen molar-refractivity contribution in [1.29, 1.82) is 0 Å². The van der Waals surface area contributed by atoms with Crippen LogP contribution in [0.25, 0.3) is 11.1 Å². The molecule has 0 saturated carbocycles. The highest BCUT2D eigenvalue weighted by Gasteiger charge is 2.24. The maximum Gasteiger partial charge on any atom is 0.187 e. The minimum atomic E-state index is -0.330. The van der Waals surface area contributed by atoms with Crippen molar-refractivity contribution in [2.45, 2.75) is 13.8 Å². The van der Waals surface area contributed by atoms with Gasteiger partial charge in [0.2, 0.25) is 0 Å². The number of benzene rings is 2. The lowest BCUT2D eigenvalue weighted by Gasteiger charge is -2.13. The molecule has 0 saturated heterocycles. The molecular formula is C14H13N3O2. The lowest BCUT2D eigenvalue weighted by Crippen LogP contribution is -2.95. The number of phenols is 1. The maximum absolute atomic E-state index is 11.6. The van der Waals surface area contributed by atoms with Gasteiger partial charge in [0.1, 0.15) is 5.75 Å². The number of nitrogens with one attached hydrogen (secondary N) is 1. The van der Waals surface area contributed by atoms with Gasteiger partial charge in [0, 0.05) is 22.4 Å². The highest BCUT2D eigenvalue weighted by Crippen LogP contribution is 2.43. The molecule has 5 heteroatoms. The molecule has 5 nitrogen and oxygen atoms in total. The zero-order valence-electron chi connectivity index (χ0n) is 10.6. The van der Waals surface area contributed by atoms with Crippen LogP contribution in [0.1, 0.15) is 11.1 Å². The fraction of sp³-hybridized carbons (Fsp3) is 0.143. The van der Waals surface area contributed by atoms with Crippen LogP contribution in [0.3, 0.4) is 0 Å². The van der Waals surface area contributed by atoms with Crippen LogP contribution in [0.2, 0.25) is 0 Å². The van der Waals surface area contributed by atoms with Crippen molar-refractivity contribution in [2.75, 3.05) is 0 Å². The number of hydrogen-bond acceptors (Lipinski definition) is 4. The third-order valence-corrected chi connectivity index (χ3v) is 3.28. The van der Waals surface area contributed by atoms with E-state index in [0.717, 1.165) is 16.7 Å². The second-order valence-electron chi connectivity index (χ2n) is 4.68. The van der Waals surface area contributed by atoms with Crippen LogP contribution in [0.15, 0.2) is 40.7 Å². The third-order valence-electron chi connectivity index (χ3n) is 3.28. The summed E-state index contributed by atoms with van der Waals surface area (Å²) in [6, 6.07) is 8.95. The summed E-state index contributed by atoms with van der Waals surface area (Å²) in [5.74, 6) is 0.177. The average molecular weight is 255 g/mol. The van der Waals surface area contributed by atoms with E-state index in [1.54, 1.807) is 12.1 Å². The molecule has 1 aliphatic rings. The Morgan fingerprint density at radius 2 is 1.95 bits per heavy atom. The minimum absolute atomic E-state index is 0.177. The molecule has 3 rings (SSSR count). The van der Waals surface area contributed by atoms with E-state index in [4.69, 9.17) is 0 Å². The number of quaternary nitrogens is 1. The van der Waals surface area contributed by atoms with Crippen LogP contribution < -0.4 is 5.17 Å². The molecule has 0 spiro atoms. The third kappa shape index (κ3) is 1.80. The van der Waals surface area contributed by atoms with Crippen LogP contribution in [0.5, 0.6) is 5.75 Å². The second-order valence-corrected chi connectivity index (χ2v) is 4.68. The van der Waals surface area contributed by atoms with E-state index in [-0.39, 0.29) is 10.9 Å². The number of phenolic OH excluding ortho intramolecular Hbond substituents is 1. The zero-order valence-corrected chi connectivity index (χ0v) is 10.6. The van der Waals surface area contributed by atoms with E-state index in [1.807, 2.05) is 32.0 Å². The van der Waals surface area contributed by atoms with Crippen LogP contribution in [0, 0.1) is 19.1 Å². The van der Waals surface area contributed by atoms with E-state index in [0.29, 0.717) is 16.9 Å². The Morgan fingerprint density at radius 1 is 1.16 bits per heavy atom. The average Bonchev–Trinajstić information content (AvgIpc) is 2.75. The predicted molar refractivity (Wildman–Crippen MR) is 71.5 cm³/mol. The zero-order chi connectivity index (χ0) is 13.6. The van der Waals surface area contributed by atoms with Crippen LogP contribution in [0.4, 0.5) is 11.4 Å². The van der Waals surface area contributed by atoms with Gasteiger partial charge in [-0.2, -0.15) is 5.17 Å². The van der Waals surface area contributed by atoms with E-state index < -0.39 is 0 Å². The molecule has 1 aliphatic heterocycles. The molecule has 1 heterocycles. The van der Waals surface area contributed by atoms with Crippen molar-refractivity contribution in [1.82, 2.24) is 0 Å². The monoisotopic (exact) mass is 255 g/mol. The molecule has 19 heavy (non-hydrogen) atoms. The summed E-state index contributed by atoms with van der Waals surface area (Å²) in [5.41, 5.74) is 4.48. The summed E-state index contributed by atoms with van der Waals surface area (Å²) in [6.07, 6.45) is 0. The first-order valence-corrected chi connectivity index (χ1v) is 5.97. The summed E-state index contributed by atoms with van der Waals surface area (Å²) < 4.78 is 0. The highest BCUT2D eigenvalue weighted by molar-refractivity contribution is 5.87. The molecule has 96 valence electrons. The molecule has 0 aliphatic carbocycles. The molecule has 2 aromatic rings. The van der Waals surface area contributed by atoms with E-state index in [2.05, 4.69) is 10.3 Å². The van der Waals surface area contributed by atoms with Gasteiger partial charge in [-0.3, -0.25) is 0 Å². The van der Waals surface area contributed by atoms with E-state index >= 15 is 0 Å². The predicted octanol–water partition coefficient (Wildman–Crippen LogP) is 2.70. The summed E-state index contributed by atoms with van der Waals surface area (Å²) in [4.78, 5) is 0. The number of fused-ring (bicyclic) bond motifs is 1. The summed E-state index contributed by atoms with van der Waals surface area (Å²) in [7, 11) is 0. The van der Waals surface area contributed by atoms with Gasteiger partial charge in [0.15, 0.2) is 11.4 Å². The van der Waals surface area contributed by atoms with Crippen molar-refractivity contribution in [3.05, 3.63) is 46.7 Å². The summed E-state index contributed by atoms with van der Waals surface area (Å²) >= 11 is 0. The fourth-order valence-corrected chi connectivity index (χ4v) is 2.31. The van der Waals surface area contributed by atoms with Crippen molar-refractivity contribution < 1.29 is 10.3 Å². The molecule has 0 aromatic heterocycles. The second kappa shape index (κ2) is 4.15. The SMILES string of the molecule is Cc1ccc(O)c(-c2c(C)ccc3c2N=N[NH+]3[O-])c1. The summed E-state index contributed by atoms with van der Waals surface area (Å²) in [6.45, 7) is 3.88. The molecule has 0 fully saturated rings. The molecule has 2 aromatic carbocycles. The van der Waals surface area contributed by atoms with Crippen LogP contribution in [-0.4, -0.2) is 5.11 Å². The Bertz CT molecular complexity index is 695. The van der Waals surface area contributed by atoms with E-state index in [1.165, 1.54) is 0 Å². The number of aromatic hydroxyl groups is 1. The molecular weight excluding hydrogens is 242 g/mol. The molecule has 0 bridgehead atoms. The lowest BCUT2D eigenvalue weighted by molar-refractivity contribution is -0.784. The number of nitrogens with zero attached hydrogens (tertiary/aromatic N) is 2. The molecule has 0 radical (unpaired) electrons. The van der Waals surface area contributed by atoms with Gasteiger partial charge in [0.25, 0.3) is 0 Å². The number of rotatable bonds is 1. The molecule has 1 atom stereocenters. The van der Waals surface area contributed by atoms with Gasteiger partial charge < -0.3 is 10.3 Å². The first-order chi connectivity index (χ1) is 9.08.